The topological polar surface area (TPSA) is 93.2 Å². The first-order valence-corrected chi connectivity index (χ1v) is 9.64. The van der Waals surface area contributed by atoms with Gasteiger partial charge in [0.1, 0.15) is 4.90 Å². The predicted molar refractivity (Wildman–Crippen MR) is 102 cm³/mol. The van der Waals surface area contributed by atoms with Gasteiger partial charge in [-0.25, -0.2) is 23.1 Å². The fourth-order valence-electron chi connectivity index (χ4n) is 2.98. The Morgan fingerprint density at radius 1 is 1.23 bits per heavy atom. The van der Waals surface area contributed by atoms with E-state index in [2.05, 4.69) is 20.0 Å². The van der Waals surface area contributed by atoms with Crippen LogP contribution in [-0.4, -0.2) is 50.7 Å². The van der Waals surface area contributed by atoms with Gasteiger partial charge < -0.3 is 10.1 Å². The summed E-state index contributed by atoms with van der Waals surface area (Å²) in [5.74, 6) is 0.493. The van der Waals surface area contributed by atoms with Crippen molar-refractivity contribution < 1.29 is 13.2 Å². The summed E-state index contributed by atoms with van der Waals surface area (Å²) in [4.78, 5) is 8.41. The summed E-state index contributed by atoms with van der Waals surface area (Å²) in [5.41, 5.74) is 0.487. The molecule has 1 saturated heterocycles. The molecule has 1 aromatic heterocycles. The minimum Gasteiger partial charge on any atom is -0.383 e. The average molecular weight is 399 g/mol. The van der Waals surface area contributed by atoms with Crippen LogP contribution in [0.4, 0.5) is 0 Å². The van der Waals surface area contributed by atoms with Gasteiger partial charge in [-0.05, 0) is 19.4 Å². The number of nitrogens with zero attached hydrogens (tertiary/aromatic N) is 2. The van der Waals surface area contributed by atoms with Gasteiger partial charge in [-0.15, -0.1) is 12.4 Å². The lowest BCUT2D eigenvalue weighted by molar-refractivity contribution is 0.122. The van der Waals surface area contributed by atoms with E-state index in [1.807, 2.05) is 30.3 Å². The van der Waals surface area contributed by atoms with Gasteiger partial charge in [-0.3, -0.25) is 0 Å². The second-order valence-corrected chi connectivity index (χ2v) is 7.94. The highest BCUT2D eigenvalue weighted by molar-refractivity contribution is 7.89. The standard InChI is InChI=1S/C17H22N4O3S.ClH/c1-24-13-17(8-5-9-20-17)12-21-25(22,23)15-10-18-16(19-11-15)14-6-3-2-4-7-14;/h2-4,6-7,10-11,20-21H,5,8-9,12-13H2,1H3;1H. The van der Waals surface area contributed by atoms with E-state index in [1.54, 1.807) is 7.11 Å². The summed E-state index contributed by atoms with van der Waals surface area (Å²) in [5, 5.41) is 3.34. The molecule has 9 heteroatoms. The summed E-state index contributed by atoms with van der Waals surface area (Å²) < 4.78 is 32.9. The molecule has 0 saturated carbocycles. The molecule has 0 aliphatic carbocycles. The van der Waals surface area contributed by atoms with E-state index in [9.17, 15) is 8.42 Å². The van der Waals surface area contributed by atoms with Crippen LogP contribution in [0.3, 0.4) is 0 Å². The highest BCUT2D eigenvalue weighted by Gasteiger charge is 2.34. The second kappa shape index (κ2) is 8.88. The molecule has 2 N–H and O–H groups in total. The minimum atomic E-state index is -3.67. The Labute approximate surface area is 160 Å². The van der Waals surface area contributed by atoms with E-state index in [1.165, 1.54) is 12.4 Å². The van der Waals surface area contributed by atoms with Crippen LogP contribution in [-0.2, 0) is 14.8 Å². The first-order valence-electron chi connectivity index (χ1n) is 8.16. The Balaban J connectivity index is 0.00000243. The van der Waals surface area contributed by atoms with Crippen LogP contribution in [0.1, 0.15) is 12.8 Å². The van der Waals surface area contributed by atoms with Crippen molar-refractivity contribution in [1.82, 2.24) is 20.0 Å². The van der Waals surface area contributed by atoms with Crippen molar-refractivity contribution in [3.8, 4) is 11.4 Å². The number of sulfonamides is 1. The van der Waals surface area contributed by atoms with Crippen molar-refractivity contribution in [2.45, 2.75) is 23.3 Å². The summed E-state index contributed by atoms with van der Waals surface area (Å²) in [7, 11) is -2.06. The third-order valence-electron chi connectivity index (χ3n) is 4.32. The van der Waals surface area contributed by atoms with Gasteiger partial charge in [0.2, 0.25) is 10.0 Å². The third kappa shape index (κ3) is 4.77. The molecule has 0 amide bonds. The van der Waals surface area contributed by atoms with Crippen LogP contribution in [0.5, 0.6) is 0 Å². The van der Waals surface area contributed by atoms with Crippen molar-refractivity contribution in [2.75, 3.05) is 26.8 Å². The maximum atomic E-state index is 12.5. The molecule has 0 bridgehead atoms. The monoisotopic (exact) mass is 398 g/mol. The van der Waals surface area contributed by atoms with E-state index in [0.717, 1.165) is 24.9 Å². The van der Waals surface area contributed by atoms with E-state index >= 15 is 0 Å². The lowest BCUT2D eigenvalue weighted by atomic mass is 9.99. The number of benzene rings is 1. The van der Waals surface area contributed by atoms with Crippen LogP contribution in [0.25, 0.3) is 11.4 Å². The molecule has 0 radical (unpaired) electrons. The normalized spacial score (nSPS) is 19.9. The molecule has 1 aliphatic rings. The van der Waals surface area contributed by atoms with Gasteiger partial charge in [-0.1, -0.05) is 30.3 Å². The zero-order valence-corrected chi connectivity index (χ0v) is 16.1. The zero-order chi connectivity index (χ0) is 17.8. The molecule has 1 aromatic carbocycles. The van der Waals surface area contributed by atoms with E-state index in [-0.39, 0.29) is 29.4 Å². The van der Waals surface area contributed by atoms with Gasteiger partial charge in [-0.2, -0.15) is 0 Å². The van der Waals surface area contributed by atoms with Crippen molar-refractivity contribution in [3.05, 3.63) is 42.7 Å². The largest absolute Gasteiger partial charge is 0.383 e. The van der Waals surface area contributed by atoms with Crippen molar-refractivity contribution in [1.29, 1.82) is 0 Å². The molecule has 26 heavy (non-hydrogen) atoms. The first kappa shape index (κ1) is 20.7. The molecule has 1 fully saturated rings. The van der Waals surface area contributed by atoms with E-state index in [4.69, 9.17) is 4.74 Å². The van der Waals surface area contributed by atoms with Crippen LogP contribution in [0.15, 0.2) is 47.6 Å². The fraction of sp³-hybridized carbons (Fsp3) is 0.412. The minimum absolute atomic E-state index is 0. The SMILES string of the molecule is COCC1(CNS(=O)(=O)c2cnc(-c3ccccc3)nc2)CCCN1.Cl. The van der Waals surface area contributed by atoms with Gasteiger partial charge in [0.05, 0.1) is 24.5 Å². The molecule has 1 unspecified atom stereocenters. The summed E-state index contributed by atoms with van der Waals surface area (Å²) in [6.07, 6.45) is 4.54. The predicted octanol–water partition coefficient (Wildman–Crippen LogP) is 1.61. The van der Waals surface area contributed by atoms with Crippen molar-refractivity contribution in [2.24, 2.45) is 0 Å². The second-order valence-electron chi connectivity index (χ2n) is 6.18. The van der Waals surface area contributed by atoms with E-state index < -0.39 is 10.0 Å². The van der Waals surface area contributed by atoms with Crippen LogP contribution in [0, 0.1) is 0 Å². The summed E-state index contributed by atoms with van der Waals surface area (Å²) in [6.45, 7) is 1.59. The summed E-state index contributed by atoms with van der Waals surface area (Å²) in [6, 6.07) is 9.42. The van der Waals surface area contributed by atoms with Gasteiger partial charge in [0, 0.05) is 19.2 Å². The molecule has 3 rings (SSSR count). The number of ether oxygens (including phenoxy) is 1. The number of aromatic nitrogens is 2. The quantitative estimate of drug-likeness (QED) is 0.736. The Bertz CT molecular complexity index is 795. The highest BCUT2D eigenvalue weighted by atomic mass is 35.5. The van der Waals surface area contributed by atoms with E-state index in [0.29, 0.717) is 12.4 Å². The van der Waals surface area contributed by atoms with Crippen LogP contribution >= 0.6 is 12.4 Å². The number of hydrogen-bond acceptors (Lipinski definition) is 6. The number of rotatable bonds is 7. The fourth-order valence-corrected chi connectivity index (χ4v) is 3.99. The van der Waals surface area contributed by atoms with Crippen LogP contribution < -0.4 is 10.0 Å². The third-order valence-corrected chi connectivity index (χ3v) is 5.68. The number of halogens is 1. The van der Waals surface area contributed by atoms with Gasteiger partial charge >= 0.3 is 0 Å². The maximum Gasteiger partial charge on any atom is 0.243 e. The first-order chi connectivity index (χ1) is 12.0. The molecule has 1 aliphatic heterocycles. The molecule has 0 spiro atoms. The van der Waals surface area contributed by atoms with Gasteiger partial charge in [0.15, 0.2) is 5.82 Å². The van der Waals surface area contributed by atoms with Crippen LogP contribution in [0.2, 0.25) is 0 Å². The van der Waals surface area contributed by atoms with Gasteiger partial charge in [0.25, 0.3) is 0 Å². The smallest absolute Gasteiger partial charge is 0.243 e. The molecule has 142 valence electrons. The molecular formula is C17H23ClN4O3S. The Hall–Kier alpha value is -1.58. The average Bonchev–Trinajstić information content (AvgIpc) is 3.10. The molecule has 7 nitrogen and oxygen atoms in total. The van der Waals surface area contributed by atoms with Crippen molar-refractivity contribution in [3.63, 3.8) is 0 Å². The molecule has 2 aromatic rings. The lowest BCUT2D eigenvalue weighted by Gasteiger charge is -2.28. The Morgan fingerprint density at radius 2 is 1.92 bits per heavy atom. The molecule has 2 heterocycles. The Kier molecular flexibility index (Phi) is 7.08. The lowest BCUT2D eigenvalue weighted by Crippen LogP contribution is -2.52. The maximum absolute atomic E-state index is 12.5. The van der Waals surface area contributed by atoms with Crippen molar-refractivity contribution >= 4 is 22.4 Å². The number of nitrogens with one attached hydrogen (secondary N) is 2. The summed E-state index contributed by atoms with van der Waals surface area (Å²) >= 11 is 0. The molecular weight excluding hydrogens is 376 g/mol. The number of methoxy groups -OCH3 is 1. The Morgan fingerprint density at radius 3 is 2.50 bits per heavy atom. The highest BCUT2D eigenvalue weighted by Crippen LogP contribution is 2.20. The number of hydrogen-bond donors (Lipinski definition) is 2. The zero-order valence-electron chi connectivity index (χ0n) is 14.5. The molecule has 1 atom stereocenters.